The molecule has 0 bridgehead atoms. The summed E-state index contributed by atoms with van der Waals surface area (Å²) in [5.74, 6) is -0.508. The second-order valence-electron chi connectivity index (χ2n) is 4.29. The first-order valence-electron chi connectivity index (χ1n) is 6.23. The van der Waals surface area contributed by atoms with Crippen LogP contribution in [0.25, 0.3) is 5.65 Å². The first kappa shape index (κ1) is 14.8. The minimum Gasteiger partial charge on any atom is -0.504 e. The number of carbonyl (C=O) groups is 1. The Hall–Kier alpha value is -1.64. The van der Waals surface area contributed by atoms with Gasteiger partial charge in [-0.15, -0.1) is 0 Å². The number of fused-ring (bicyclic) bond motifs is 1. The zero-order chi connectivity index (χ0) is 14.7. The lowest BCUT2D eigenvalue weighted by Crippen LogP contribution is -2.32. The highest BCUT2D eigenvalue weighted by atomic mass is 127. The third kappa shape index (κ3) is 2.77. The molecule has 2 N–H and O–H groups in total. The summed E-state index contributed by atoms with van der Waals surface area (Å²) >= 11 is 1.94. The van der Waals surface area contributed by atoms with Crippen molar-refractivity contribution in [1.82, 2.24) is 14.7 Å². The summed E-state index contributed by atoms with van der Waals surface area (Å²) in [5, 5.41) is 12.5. The summed E-state index contributed by atoms with van der Waals surface area (Å²) in [6.07, 6.45) is 4.51. The number of nitrogens with zero attached hydrogens (tertiary/aromatic N) is 2. The Morgan fingerprint density at radius 3 is 3.00 bits per heavy atom. The fourth-order valence-electron chi connectivity index (χ4n) is 1.74. The van der Waals surface area contributed by atoms with Crippen LogP contribution in [0.5, 0.6) is 5.75 Å². The van der Waals surface area contributed by atoms with Gasteiger partial charge in [0.1, 0.15) is 5.56 Å². The second kappa shape index (κ2) is 6.21. The lowest BCUT2D eigenvalue weighted by atomic mass is 10.3. The van der Waals surface area contributed by atoms with Crippen LogP contribution in [-0.4, -0.2) is 26.9 Å². The Balaban J connectivity index is 2.43. The molecule has 6 nitrogen and oxygen atoms in total. The number of unbranched alkanes of at least 4 members (excludes halogenated alkanes) is 1. The van der Waals surface area contributed by atoms with Crippen LogP contribution in [0.15, 0.2) is 23.3 Å². The molecule has 1 amide bonds. The van der Waals surface area contributed by atoms with Crippen LogP contribution in [0, 0.1) is 3.57 Å². The summed E-state index contributed by atoms with van der Waals surface area (Å²) in [7, 11) is 0. The van der Waals surface area contributed by atoms with E-state index < -0.39 is 11.5 Å². The molecular weight excluding hydrogens is 373 g/mol. The van der Waals surface area contributed by atoms with E-state index in [1.165, 1.54) is 16.8 Å². The van der Waals surface area contributed by atoms with Gasteiger partial charge in [0.15, 0.2) is 11.4 Å². The quantitative estimate of drug-likeness (QED) is 0.616. The molecule has 7 heteroatoms. The van der Waals surface area contributed by atoms with Crippen LogP contribution < -0.4 is 10.9 Å². The van der Waals surface area contributed by atoms with Crippen molar-refractivity contribution in [2.24, 2.45) is 0 Å². The molecule has 0 unspecified atom stereocenters. The van der Waals surface area contributed by atoms with Gasteiger partial charge in [-0.05, 0) is 35.1 Å². The minimum absolute atomic E-state index is 0.0285. The summed E-state index contributed by atoms with van der Waals surface area (Å²) < 4.78 is 1.77. The Labute approximate surface area is 129 Å². The van der Waals surface area contributed by atoms with E-state index >= 15 is 0 Å². The molecule has 0 saturated carbocycles. The third-order valence-electron chi connectivity index (χ3n) is 2.86. The van der Waals surface area contributed by atoms with Crippen molar-refractivity contribution >= 4 is 34.1 Å². The van der Waals surface area contributed by atoms with Gasteiger partial charge in [0.05, 0.1) is 3.57 Å². The van der Waals surface area contributed by atoms with Gasteiger partial charge in [-0.3, -0.25) is 14.0 Å². The van der Waals surface area contributed by atoms with E-state index in [4.69, 9.17) is 0 Å². The van der Waals surface area contributed by atoms with Crippen molar-refractivity contribution in [3.05, 3.63) is 37.9 Å². The van der Waals surface area contributed by atoms with Gasteiger partial charge in [0, 0.05) is 18.9 Å². The lowest BCUT2D eigenvalue weighted by molar-refractivity contribution is 0.0951. The van der Waals surface area contributed by atoms with Crippen LogP contribution in [0.3, 0.4) is 0 Å². The van der Waals surface area contributed by atoms with Crippen LogP contribution in [0.2, 0.25) is 0 Å². The zero-order valence-corrected chi connectivity index (χ0v) is 13.0. The molecule has 0 radical (unpaired) electrons. The van der Waals surface area contributed by atoms with Crippen LogP contribution >= 0.6 is 22.6 Å². The summed E-state index contributed by atoms with van der Waals surface area (Å²) in [5.41, 5.74) is -0.373. The first-order chi connectivity index (χ1) is 9.56. The van der Waals surface area contributed by atoms with E-state index in [2.05, 4.69) is 10.3 Å². The maximum atomic E-state index is 12.2. The minimum atomic E-state index is -0.490. The highest BCUT2D eigenvalue weighted by molar-refractivity contribution is 14.1. The number of halogens is 1. The van der Waals surface area contributed by atoms with Crippen LogP contribution in [0.4, 0.5) is 0 Å². The highest BCUT2D eigenvalue weighted by Crippen LogP contribution is 2.22. The number of rotatable bonds is 4. The molecule has 0 atom stereocenters. The van der Waals surface area contributed by atoms with Crippen LogP contribution in [0.1, 0.15) is 30.1 Å². The molecule has 106 valence electrons. The summed E-state index contributed by atoms with van der Waals surface area (Å²) in [4.78, 5) is 28.1. The van der Waals surface area contributed by atoms with Crippen molar-refractivity contribution in [2.75, 3.05) is 6.54 Å². The van der Waals surface area contributed by atoms with Gasteiger partial charge in [-0.2, -0.15) is 0 Å². The molecule has 2 heterocycles. The van der Waals surface area contributed by atoms with Gasteiger partial charge in [0.25, 0.3) is 11.5 Å². The van der Waals surface area contributed by atoms with E-state index in [-0.39, 0.29) is 17.0 Å². The summed E-state index contributed by atoms with van der Waals surface area (Å²) in [6.45, 7) is 2.54. The van der Waals surface area contributed by atoms with Gasteiger partial charge in [-0.1, -0.05) is 13.3 Å². The molecule has 2 rings (SSSR count). The molecule has 2 aromatic rings. The number of aromatic hydroxyl groups is 1. The van der Waals surface area contributed by atoms with Gasteiger partial charge < -0.3 is 10.4 Å². The normalized spacial score (nSPS) is 10.7. The van der Waals surface area contributed by atoms with E-state index in [0.717, 1.165) is 12.8 Å². The van der Waals surface area contributed by atoms with Crippen LogP contribution in [-0.2, 0) is 0 Å². The second-order valence-corrected chi connectivity index (χ2v) is 5.45. The number of carbonyl (C=O) groups excluding carboxylic acids is 1. The van der Waals surface area contributed by atoms with Gasteiger partial charge in [0.2, 0.25) is 0 Å². The number of aromatic nitrogens is 2. The molecular formula is C13H14IN3O3. The number of amides is 1. The number of hydrogen-bond acceptors (Lipinski definition) is 4. The molecule has 0 saturated heterocycles. The zero-order valence-electron chi connectivity index (χ0n) is 10.9. The first-order valence-corrected chi connectivity index (χ1v) is 7.31. The molecule has 0 spiro atoms. The van der Waals surface area contributed by atoms with E-state index in [9.17, 15) is 14.7 Å². The predicted molar refractivity (Wildman–Crippen MR) is 83.1 cm³/mol. The highest BCUT2D eigenvalue weighted by Gasteiger charge is 2.15. The molecule has 0 aliphatic heterocycles. The van der Waals surface area contributed by atoms with Crippen molar-refractivity contribution in [3.63, 3.8) is 0 Å². The number of hydrogen-bond donors (Lipinski definition) is 2. The fraction of sp³-hybridized carbons (Fsp3) is 0.308. The SMILES string of the molecule is CCCCNC(=O)c1cnc2c(O)c(I)ccn2c1=O. The van der Waals surface area contributed by atoms with Crippen molar-refractivity contribution in [2.45, 2.75) is 19.8 Å². The topological polar surface area (TPSA) is 83.7 Å². The Bertz CT molecular complexity index is 712. The third-order valence-corrected chi connectivity index (χ3v) is 3.73. The van der Waals surface area contributed by atoms with E-state index in [1.54, 1.807) is 6.07 Å². The Morgan fingerprint density at radius 2 is 2.30 bits per heavy atom. The Kier molecular flexibility index (Phi) is 4.58. The van der Waals surface area contributed by atoms with E-state index in [0.29, 0.717) is 10.1 Å². The molecule has 20 heavy (non-hydrogen) atoms. The largest absolute Gasteiger partial charge is 0.504 e. The lowest BCUT2D eigenvalue weighted by Gasteiger charge is -2.07. The van der Waals surface area contributed by atoms with Gasteiger partial charge in [-0.25, -0.2) is 4.98 Å². The monoisotopic (exact) mass is 387 g/mol. The van der Waals surface area contributed by atoms with Gasteiger partial charge >= 0.3 is 0 Å². The van der Waals surface area contributed by atoms with Crippen molar-refractivity contribution in [3.8, 4) is 5.75 Å². The molecule has 0 aliphatic carbocycles. The molecule has 0 fully saturated rings. The van der Waals surface area contributed by atoms with Crippen molar-refractivity contribution < 1.29 is 9.90 Å². The number of pyridine rings is 1. The van der Waals surface area contributed by atoms with Crippen molar-refractivity contribution in [1.29, 1.82) is 0 Å². The van der Waals surface area contributed by atoms with E-state index in [1.807, 2.05) is 29.5 Å². The maximum absolute atomic E-state index is 12.2. The molecule has 0 aliphatic rings. The summed E-state index contributed by atoms with van der Waals surface area (Å²) in [6, 6.07) is 1.59. The number of nitrogens with one attached hydrogen (secondary N) is 1. The molecule has 2 aromatic heterocycles. The maximum Gasteiger partial charge on any atom is 0.270 e. The Morgan fingerprint density at radius 1 is 1.55 bits per heavy atom. The standard InChI is InChI=1S/C13H14IN3O3/c1-2-3-5-15-12(19)8-7-16-11-10(18)9(14)4-6-17(11)13(8)20/h4,6-7,18H,2-3,5H2,1H3,(H,15,19). The average Bonchev–Trinajstić information content (AvgIpc) is 2.43. The molecule has 0 aromatic carbocycles. The smallest absolute Gasteiger partial charge is 0.270 e. The average molecular weight is 387 g/mol. The predicted octanol–water partition coefficient (Wildman–Crippen LogP) is 1.53. The fourth-order valence-corrected chi connectivity index (χ4v) is 2.14.